The zero-order chi connectivity index (χ0) is 17.5. The van der Waals surface area contributed by atoms with Crippen LogP contribution in [0.2, 0.25) is 0 Å². The van der Waals surface area contributed by atoms with Crippen molar-refractivity contribution in [2.75, 3.05) is 0 Å². The highest BCUT2D eigenvalue weighted by Crippen LogP contribution is 2.19. The third-order valence-electron chi connectivity index (χ3n) is 4.15. The minimum atomic E-state index is -0.206. The summed E-state index contributed by atoms with van der Waals surface area (Å²) in [5.74, 6) is 0.654. The first-order chi connectivity index (χ1) is 12.2. The fraction of sp³-hybridized carbons (Fsp3) is 0.182. The lowest BCUT2D eigenvalue weighted by Crippen LogP contribution is -2.18. The van der Waals surface area contributed by atoms with Crippen LogP contribution in [0.25, 0.3) is 0 Å². The number of hydrogen-bond donors (Lipinski definition) is 1. The van der Waals surface area contributed by atoms with Crippen LogP contribution in [0.15, 0.2) is 78.9 Å². The first kappa shape index (κ1) is 17.2. The van der Waals surface area contributed by atoms with Gasteiger partial charge in [0.2, 0.25) is 0 Å². The summed E-state index contributed by atoms with van der Waals surface area (Å²) in [6.45, 7) is 3.38. The predicted molar refractivity (Wildman–Crippen MR) is 98.9 cm³/mol. The van der Waals surface area contributed by atoms with E-state index in [0.29, 0.717) is 13.2 Å². The summed E-state index contributed by atoms with van der Waals surface area (Å²) in [4.78, 5) is 0. The van der Waals surface area contributed by atoms with Gasteiger partial charge < -0.3 is 10.1 Å². The van der Waals surface area contributed by atoms with E-state index in [9.17, 15) is 4.39 Å². The monoisotopic (exact) mass is 335 g/mol. The van der Waals surface area contributed by atoms with Gasteiger partial charge in [-0.1, -0.05) is 54.6 Å². The van der Waals surface area contributed by atoms with Crippen LogP contribution >= 0.6 is 0 Å². The Morgan fingerprint density at radius 3 is 2.20 bits per heavy atom. The number of halogens is 1. The van der Waals surface area contributed by atoms with Gasteiger partial charge in [-0.15, -0.1) is 0 Å². The fourth-order valence-corrected chi connectivity index (χ4v) is 2.58. The van der Waals surface area contributed by atoms with Crippen molar-refractivity contribution in [1.82, 2.24) is 5.32 Å². The second-order valence-electron chi connectivity index (χ2n) is 6.07. The Balaban J connectivity index is 1.51. The van der Waals surface area contributed by atoms with Crippen molar-refractivity contribution >= 4 is 0 Å². The molecule has 25 heavy (non-hydrogen) atoms. The number of ether oxygens (including phenoxy) is 1. The maximum Gasteiger partial charge on any atom is 0.123 e. The summed E-state index contributed by atoms with van der Waals surface area (Å²) < 4.78 is 18.7. The fourth-order valence-electron chi connectivity index (χ4n) is 2.58. The minimum Gasteiger partial charge on any atom is -0.489 e. The standard InChI is InChI=1S/C22H22FNO/c1-17(24-15-18-7-11-21(23)12-8-18)20-9-13-22(14-10-20)25-16-19-5-3-2-4-6-19/h2-14,17,24H,15-16H2,1H3. The molecule has 0 spiro atoms. The first-order valence-electron chi connectivity index (χ1n) is 8.45. The third-order valence-corrected chi connectivity index (χ3v) is 4.15. The molecule has 3 rings (SSSR count). The summed E-state index contributed by atoms with van der Waals surface area (Å²) in [5, 5.41) is 3.45. The van der Waals surface area contributed by atoms with Crippen LogP contribution in [0.1, 0.15) is 29.7 Å². The normalized spacial score (nSPS) is 11.9. The highest BCUT2D eigenvalue weighted by Gasteiger charge is 2.05. The van der Waals surface area contributed by atoms with Gasteiger partial charge in [-0.05, 0) is 47.9 Å². The topological polar surface area (TPSA) is 21.3 Å². The molecule has 0 fully saturated rings. The van der Waals surface area contributed by atoms with E-state index in [0.717, 1.165) is 16.9 Å². The Hall–Kier alpha value is -2.65. The molecule has 0 radical (unpaired) electrons. The molecule has 0 aliphatic carbocycles. The van der Waals surface area contributed by atoms with Gasteiger partial charge in [0.25, 0.3) is 0 Å². The smallest absolute Gasteiger partial charge is 0.123 e. The molecule has 3 aromatic carbocycles. The Morgan fingerprint density at radius 1 is 0.840 bits per heavy atom. The quantitative estimate of drug-likeness (QED) is 0.636. The average Bonchev–Trinajstić information content (AvgIpc) is 2.67. The van der Waals surface area contributed by atoms with Crippen molar-refractivity contribution < 1.29 is 9.13 Å². The lowest BCUT2D eigenvalue weighted by Gasteiger charge is -2.15. The van der Waals surface area contributed by atoms with Crippen molar-refractivity contribution in [1.29, 1.82) is 0 Å². The highest BCUT2D eigenvalue weighted by molar-refractivity contribution is 5.29. The molecule has 0 saturated heterocycles. The molecule has 2 nitrogen and oxygen atoms in total. The van der Waals surface area contributed by atoms with Crippen LogP contribution in [-0.4, -0.2) is 0 Å². The Morgan fingerprint density at radius 2 is 1.52 bits per heavy atom. The van der Waals surface area contributed by atoms with E-state index in [1.54, 1.807) is 12.1 Å². The lowest BCUT2D eigenvalue weighted by atomic mass is 10.1. The van der Waals surface area contributed by atoms with Crippen molar-refractivity contribution in [2.45, 2.75) is 26.1 Å². The summed E-state index contributed by atoms with van der Waals surface area (Å²) in [7, 11) is 0. The van der Waals surface area contributed by atoms with Gasteiger partial charge in [0.05, 0.1) is 0 Å². The predicted octanol–water partition coefficient (Wildman–Crippen LogP) is 5.26. The van der Waals surface area contributed by atoms with Gasteiger partial charge in [-0.2, -0.15) is 0 Å². The Bertz CT molecular complexity index is 769. The van der Waals surface area contributed by atoms with E-state index < -0.39 is 0 Å². The van der Waals surface area contributed by atoms with Gasteiger partial charge in [-0.3, -0.25) is 0 Å². The molecule has 3 aromatic rings. The van der Waals surface area contributed by atoms with E-state index in [-0.39, 0.29) is 11.9 Å². The lowest BCUT2D eigenvalue weighted by molar-refractivity contribution is 0.306. The van der Waals surface area contributed by atoms with Crippen molar-refractivity contribution in [3.8, 4) is 5.75 Å². The molecule has 128 valence electrons. The maximum atomic E-state index is 12.9. The molecular formula is C22H22FNO. The third kappa shape index (κ3) is 5.16. The van der Waals surface area contributed by atoms with Crippen LogP contribution in [-0.2, 0) is 13.2 Å². The Kier molecular flexibility index (Phi) is 5.81. The van der Waals surface area contributed by atoms with E-state index in [2.05, 4.69) is 36.5 Å². The molecule has 1 unspecified atom stereocenters. The zero-order valence-corrected chi connectivity index (χ0v) is 14.3. The SMILES string of the molecule is CC(NCc1ccc(F)cc1)c1ccc(OCc2ccccc2)cc1. The van der Waals surface area contributed by atoms with Gasteiger partial charge in [0, 0.05) is 12.6 Å². The van der Waals surface area contributed by atoms with E-state index in [1.807, 2.05) is 30.3 Å². The maximum absolute atomic E-state index is 12.9. The van der Waals surface area contributed by atoms with E-state index in [1.165, 1.54) is 17.7 Å². The van der Waals surface area contributed by atoms with Crippen LogP contribution in [0.3, 0.4) is 0 Å². The molecule has 0 aliphatic heterocycles. The van der Waals surface area contributed by atoms with Crippen LogP contribution in [0.5, 0.6) is 5.75 Å². The summed E-state index contributed by atoms with van der Waals surface area (Å²) in [6, 6.07) is 25.0. The van der Waals surface area contributed by atoms with Gasteiger partial charge in [0.1, 0.15) is 18.2 Å². The molecule has 0 amide bonds. The second kappa shape index (κ2) is 8.45. The molecule has 1 N–H and O–H groups in total. The molecule has 1 atom stereocenters. The molecule has 3 heteroatoms. The zero-order valence-electron chi connectivity index (χ0n) is 14.3. The molecule has 0 aliphatic rings. The van der Waals surface area contributed by atoms with E-state index >= 15 is 0 Å². The van der Waals surface area contributed by atoms with Crippen molar-refractivity contribution in [2.24, 2.45) is 0 Å². The number of benzene rings is 3. The average molecular weight is 335 g/mol. The minimum absolute atomic E-state index is 0.202. The molecular weight excluding hydrogens is 313 g/mol. The van der Waals surface area contributed by atoms with Gasteiger partial charge in [-0.25, -0.2) is 4.39 Å². The van der Waals surface area contributed by atoms with Crippen molar-refractivity contribution in [3.05, 3.63) is 101 Å². The number of rotatable bonds is 7. The van der Waals surface area contributed by atoms with Crippen LogP contribution in [0.4, 0.5) is 4.39 Å². The van der Waals surface area contributed by atoms with E-state index in [4.69, 9.17) is 4.74 Å². The summed E-state index contributed by atoms with van der Waals surface area (Å²) in [5.41, 5.74) is 3.41. The Labute approximate surface area is 148 Å². The molecule has 0 heterocycles. The summed E-state index contributed by atoms with van der Waals surface area (Å²) in [6.07, 6.45) is 0. The largest absolute Gasteiger partial charge is 0.489 e. The molecule has 0 bridgehead atoms. The number of nitrogens with one attached hydrogen (secondary N) is 1. The number of hydrogen-bond acceptors (Lipinski definition) is 2. The van der Waals surface area contributed by atoms with Crippen molar-refractivity contribution in [3.63, 3.8) is 0 Å². The van der Waals surface area contributed by atoms with Crippen LogP contribution in [0, 0.1) is 5.82 Å². The highest BCUT2D eigenvalue weighted by atomic mass is 19.1. The molecule has 0 saturated carbocycles. The first-order valence-corrected chi connectivity index (χ1v) is 8.45. The molecule has 0 aromatic heterocycles. The summed E-state index contributed by atoms with van der Waals surface area (Å²) >= 11 is 0. The van der Waals surface area contributed by atoms with Gasteiger partial charge in [0.15, 0.2) is 0 Å². The van der Waals surface area contributed by atoms with Gasteiger partial charge >= 0.3 is 0 Å². The van der Waals surface area contributed by atoms with Crippen LogP contribution < -0.4 is 10.1 Å². The second-order valence-corrected chi connectivity index (χ2v) is 6.07.